The van der Waals surface area contributed by atoms with Crippen LogP contribution in [0.2, 0.25) is 0 Å². The number of carbonyl (C=O) groups excluding carboxylic acids is 1. The lowest BCUT2D eigenvalue weighted by atomic mass is 10.1. The van der Waals surface area contributed by atoms with E-state index in [4.69, 9.17) is 13.9 Å². The summed E-state index contributed by atoms with van der Waals surface area (Å²) in [7, 11) is 2.89. The van der Waals surface area contributed by atoms with Crippen molar-refractivity contribution in [2.75, 3.05) is 20.0 Å². The number of thioether (sulfide) groups is 1. The van der Waals surface area contributed by atoms with Crippen molar-refractivity contribution in [3.8, 4) is 22.8 Å². The molecule has 7 nitrogen and oxygen atoms in total. The van der Waals surface area contributed by atoms with Crippen molar-refractivity contribution in [2.24, 2.45) is 0 Å². The SMILES string of the molecule is COc1ccc(-c2cc(C(F)(F)F)nc(SCCC(=O)NCc3ccco3)n2)cc1OC. The molecule has 0 spiro atoms. The predicted octanol–water partition coefficient (Wildman–Crippen LogP) is 4.57. The summed E-state index contributed by atoms with van der Waals surface area (Å²) >= 11 is 0.966. The summed E-state index contributed by atoms with van der Waals surface area (Å²) in [6.45, 7) is 0.236. The molecule has 0 aliphatic carbocycles. The molecular formula is C21H20F3N3O4S. The van der Waals surface area contributed by atoms with Gasteiger partial charge in [0.2, 0.25) is 5.91 Å². The molecule has 3 rings (SSSR count). The Labute approximate surface area is 186 Å². The van der Waals surface area contributed by atoms with E-state index in [1.807, 2.05) is 0 Å². The van der Waals surface area contributed by atoms with Crippen LogP contribution in [0.25, 0.3) is 11.3 Å². The summed E-state index contributed by atoms with van der Waals surface area (Å²) in [5, 5.41) is 2.59. The fourth-order valence-corrected chi connectivity index (χ4v) is 3.50. The van der Waals surface area contributed by atoms with Crippen LogP contribution in [0, 0.1) is 0 Å². The zero-order chi connectivity index (χ0) is 23.1. The van der Waals surface area contributed by atoms with Crippen molar-refractivity contribution < 1.29 is 31.9 Å². The van der Waals surface area contributed by atoms with Gasteiger partial charge in [0.1, 0.15) is 11.5 Å². The number of alkyl halides is 3. The number of methoxy groups -OCH3 is 2. The number of nitrogens with one attached hydrogen (secondary N) is 1. The van der Waals surface area contributed by atoms with Gasteiger partial charge in [-0.3, -0.25) is 4.79 Å². The van der Waals surface area contributed by atoms with Crippen molar-refractivity contribution in [1.29, 1.82) is 0 Å². The molecule has 170 valence electrons. The quantitative estimate of drug-likeness (QED) is 0.364. The topological polar surface area (TPSA) is 86.5 Å². The van der Waals surface area contributed by atoms with Gasteiger partial charge in [-0.05, 0) is 36.4 Å². The first-order valence-corrected chi connectivity index (χ1v) is 10.4. The molecule has 32 heavy (non-hydrogen) atoms. The van der Waals surface area contributed by atoms with Gasteiger partial charge in [-0.25, -0.2) is 9.97 Å². The number of carbonyl (C=O) groups is 1. The summed E-state index contributed by atoms with van der Waals surface area (Å²) in [5.74, 6) is 1.35. The van der Waals surface area contributed by atoms with Gasteiger partial charge in [0.25, 0.3) is 0 Å². The number of amides is 1. The van der Waals surface area contributed by atoms with E-state index < -0.39 is 11.9 Å². The van der Waals surface area contributed by atoms with E-state index >= 15 is 0 Å². The highest BCUT2D eigenvalue weighted by Crippen LogP contribution is 2.35. The van der Waals surface area contributed by atoms with E-state index in [2.05, 4.69) is 15.3 Å². The Hall–Kier alpha value is -3.21. The minimum absolute atomic E-state index is 0.0800. The molecule has 0 unspecified atom stereocenters. The maximum absolute atomic E-state index is 13.4. The molecule has 11 heteroatoms. The lowest BCUT2D eigenvalue weighted by Crippen LogP contribution is -2.22. The van der Waals surface area contributed by atoms with Crippen LogP contribution >= 0.6 is 11.8 Å². The molecule has 1 N–H and O–H groups in total. The average molecular weight is 467 g/mol. The molecule has 0 atom stereocenters. The number of nitrogens with zero attached hydrogens (tertiary/aromatic N) is 2. The third-order valence-electron chi connectivity index (χ3n) is 4.28. The monoisotopic (exact) mass is 467 g/mol. The summed E-state index contributed by atoms with van der Waals surface area (Å²) in [6, 6.07) is 9.01. The van der Waals surface area contributed by atoms with Crippen molar-refractivity contribution in [3.63, 3.8) is 0 Å². The van der Waals surface area contributed by atoms with E-state index in [1.165, 1.54) is 26.5 Å². The fourth-order valence-electron chi connectivity index (χ4n) is 2.70. The molecule has 1 aromatic carbocycles. The number of rotatable bonds is 9. The molecule has 0 radical (unpaired) electrons. The lowest BCUT2D eigenvalue weighted by molar-refractivity contribution is -0.141. The van der Waals surface area contributed by atoms with Crippen molar-refractivity contribution in [2.45, 2.75) is 24.3 Å². The number of benzene rings is 1. The Morgan fingerprint density at radius 2 is 1.91 bits per heavy atom. The predicted molar refractivity (Wildman–Crippen MR) is 111 cm³/mol. The smallest absolute Gasteiger partial charge is 0.433 e. The summed E-state index contributed by atoms with van der Waals surface area (Å²) in [5.41, 5.74) is -0.575. The van der Waals surface area contributed by atoms with Crippen LogP contribution < -0.4 is 14.8 Å². The number of hydrogen-bond donors (Lipinski definition) is 1. The normalized spacial score (nSPS) is 11.3. The molecule has 2 aromatic heterocycles. The highest BCUT2D eigenvalue weighted by molar-refractivity contribution is 7.99. The van der Waals surface area contributed by atoms with Crippen LogP contribution in [0.3, 0.4) is 0 Å². The highest BCUT2D eigenvalue weighted by atomic mass is 32.2. The maximum Gasteiger partial charge on any atom is 0.433 e. The Balaban J connectivity index is 1.74. The van der Waals surface area contributed by atoms with E-state index in [9.17, 15) is 18.0 Å². The van der Waals surface area contributed by atoms with Crippen LogP contribution in [-0.4, -0.2) is 35.8 Å². The van der Waals surface area contributed by atoms with Gasteiger partial charge in [0, 0.05) is 17.7 Å². The number of ether oxygens (including phenoxy) is 2. The summed E-state index contributed by atoms with van der Waals surface area (Å²) in [4.78, 5) is 19.8. The van der Waals surface area contributed by atoms with E-state index in [0.717, 1.165) is 17.8 Å². The molecule has 0 aliphatic heterocycles. The second kappa shape index (κ2) is 10.4. The minimum Gasteiger partial charge on any atom is -0.493 e. The third kappa shape index (κ3) is 6.16. The van der Waals surface area contributed by atoms with Crippen LogP contribution in [0.1, 0.15) is 17.9 Å². The standard InChI is InChI=1S/C21H20F3N3O4S/c1-29-16-6-5-13(10-17(16)30-2)15-11-18(21(22,23)24)27-20(26-15)32-9-7-19(28)25-12-14-4-3-8-31-14/h3-6,8,10-11H,7,9,12H2,1-2H3,(H,25,28). The lowest BCUT2D eigenvalue weighted by Gasteiger charge is -2.12. The van der Waals surface area contributed by atoms with Crippen molar-refractivity contribution in [3.05, 3.63) is 54.1 Å². The largest absolute Gasteiger partial charge is 0.493 e. The summed E-state index contributed by atoms with van der Waals surface area (Å²) in [6.07, 6.45) is -3.07. The van der Waals surface area contributed by atoms with Crippen molar-refractivity contribution in [1.82, 2.24) is 15.3 Å². The Kier molecular flexibility index (Phi) is 7.62. The van der Waals surface area contributed by atoms with E-state index in [0.29, 0.717) is 22.8 Å². The van der Waals surface area contributed by atoms with Crippen LogP contribution in [0.4, 0.5) is 13.2 Å². The molecule has 1 amide bonds. The van der Waals surface area contributed by atoms with Crippen LogP contribution in [0.15, 0.2) is 52.2 Å². The van der Waals surface area contributed by atoms with Crippen molar-refractivity contribution >= 4 is 17.7 Å². The van der Waals surface area contributed by atoms with Crippen LogP contribution in [-0.2, 0) is 17.5 Å². The molecule has 0 aliphatic rings. The maximum atomic E-state index is 13.4. The zero-order valence-electron chi connectivity index (χ0n) is 17.2. The second-order valence-corrected chi connectivity index (χ2v) is 7.51. The molecule has 2 heterocycles. The molecular weight excluding hydrogens is 447 g/mol. The first kappa shape index (κ1) is 23.5. The first-order valence-electron chi connectivity index (χ1n) is 9.40. The highest BCUT2D eigenvalue weighted by Gasteiger charge is 2.34. The van der Waals surface area contributed by atoms with Gasteiger partial charge in [0.05, 0.1) is 32.7 Å². The Bertz CT molecular complexity index is 1060. The average Bonchev–Trinajstić information content (AvgIpc) is 3.30. The molecule has 0 saturated heterocycles. The van der Waals surface area contributed by atoms with Crippen LogP contribution in [0.5, 0.6) is 11.5 Å². The Morgan fingerprint density at radius 3 is 2.56 bits per heavy atom. The van der Waals surface area contributed by atoms with E-state index in [-0.39, 0.29) is 35.5 Å². The van der Waals surface area contributed by atoms with Gasteiger partial charge < -0.3 is 19.2 Å². The van der Waals surface area contributed by atoms with Gasteiger partial charge in [-0.2, -0.15) is 13.2 Å². The van der Waals surface area contributed by atoms with Gasteiger partial charge in [0.15, 0.2) is 16.7 Å². The van der Waals surface area contributed by atoms with Gasteiger partial charge >= 0.3 is 6.18 Å². The number of halogens is 3. The second-order valence-electron chi connectivity index (χ2n) is 6.44. The number of furan rings is 1. The zero-order valence-corrected chi connectivity index (χ0v) is 18.0. The minimum atomic E-state index is -4.65. The molecule has 0 fully saturated rings. The number of aromatic nitrogens is 2. The van der Waals surface area contributed by atoms with Gasteiger partial charge in [-0.15, -0.1) is 0 Å². The Morgan fingerprint density at radius 1 is 1.12 bits per heavy atom. The third-order valence-corrected chi connectivity index (χ3v) is 5.12. The number of hydrogen-bond acceptors (Lipinski definition) is 7. The first-order chi connectivity index (χ1) is 15.3. The van der Waals surface area contributed by atoms with Gasteiger partial charge in [-0.1, -0.05) is 11.8 Å². The van der Waals surface area contributed by atoms with E-state index in [1.54, 1.807) is 24.3 Å². The fraction of sp³-hybridized carbons (Fsp3) is 0.286. The molecule has 0 saturated carbocycles. The summed E-state index contributed by atoms with van der Waals surface area (Å²) < 4.78 is 55.7. The molecule has 3 aromatic rings. The molecule has 0 bridgehead atoms.